The molecule has 1 saturated carbocycles. The van der Waals surface area contributed by atoms with Gasteiger partial charge in [0.15, 0.2) is 0 Å². The molecule has 1 rings (SSSR count). The fourth-order valence-corrected chi connectivity index (χ4v) is 2.89. The normalized spacial score (nSPS) is 25.7. The van der Waals surface area contributed by atoms with E-state index in [1.807, 2.05) is 0 Å². The first-order chi connectivity index (χ1) is 8.81. The predicted octanol–water partition coefficient (Wildman–Crippen LogP) is 1.69. The Morgan fingerprint density at radius 2 is 1.79 bits per heavy atom. The average Bonchev–Trinajstić information content (AvgIpc) is 2.76. The van der Waals surface area contributed by atoms with Crippen molar-refractivity contribution in [3.8, 4) is 0 Å². The maximum Gasteiger partial charge on any atom is 0.306 e. The Labute approximate surface area is 111 Å². The monoisotopic (exact) mass is 272 g/mol. The van der Waals surface area contributed by atoms with Crippen molar-refractivity contribution in [3.63, 3.8) is 0 Å². The third-order valence-electron chi connectivity index (χ3n) is 4.00. The maximum atomic E-state index is 10.9. The van der Waals surface area contributed by atoms with E-state index in [2.05, 4.69) is 0 Å². The average molecular weight is 272 g/mol. The van der Waals surface area contributed by atoms with Gasteiger partial charge >= 0.3 is 17.9 Å². The summed E-state index contributed by atoms with van der Waals surface area (Å²) in [5.41, 5.74) is 0. The van der Waals surface area contributed by atoms with Crippen LogP contribution in [0.3, 0.4) is 0 Å². The predicted molar refractivity (Wildman–Crippen MR) is 65.6 cm³/mol. The summed E-state index contributed by atoms with van der Waals surface area (Å²) in [6.07, 6.45) is 1.88. The number of carboxylic acid groups (broad SMARTS) is 3. The van der Waals surface area contributed by atoms with Crippen LogP contribution >= 0.6 is 0 Å². The largest absolute Gasteiger partial charge is 0.481 e. The van der Waals surface area contributed by atoms with Gasteiger partial charge in [-0.3, -0.25) is 14.4 Å². The van der Waals surface area contributed by atoms with Gasteiger partial charge in [0.1, 0.15) is 0 Å². The quantitative estimate of drug-likeness (QED) is 0.650. The summed E-state index contributed by atoms with van der Waals surface area (Å²) in [5.74, 6) is -4.02. The Hall–Kier alpha value is -1.59. The van der Waals surface area contributed by atoms with E-state index in [4.69, 9.17) is 15.3 Å². The van der Waals surface area contributed by atoms with E-state index in [1.54, 1.807) is 6.92 Å². The van der Waals surface area contributed by atoms with E-state index in [-0.39, 0.29) is 18.3 Å². The van der Waals surface area contributed by atoms with Crippen molar-refractivity contribution in [2.24, 2.45) is 23.7 Å². The lowest BCUT2D eigenvalue weighted by molar-refractivity contribution is -0.144. The van der Waals surface area contributed by atoms with Crippen LogP contribution in [-0.4, -0.2) is 33.2 Å². The Morgan fingerprint density at radius 1 is 1.16 bits per heavy atom. The van der Waals surface area contributed by atoms with E-state index >= 15 is 0 Å². The molecule has 0 heterocycles. The van der Waals surface area contributed by atoms with Crippen molar-refractivity contribution in [1.29, 1.82) is 0 Å². The van der Waals surface area contributed by atoms with Crippen molar-refractivity contribution in [1.82, 2.24) is 0 Å². The summed E-state index contributed by atoms with van der Waals surface area (Å²) in [5, 5.41) is 26.8. The minimum absolute atomic E-state index is 0.000926. The number of carboxylic acids is 3. The molecule has 1 aliphatic carbocycles. The number of hydrogen-bond donors (Lipinski definition) is 3. The summed E-state index contributed by atoms with van der Waals surface area (Å²) >= 11 is 0. The minimum Gasteiger partial charge on any atom is -0.481 e. The second-order valence-electron chi connectivity index (χ2n) is 5.44. The molecule has 6 heteroatoms. The molecule has 3 N–H and O–H groups in total. The second-order valence-corrected chi connectivity index (χ2v) is 5.44. The fourth-order valence-electron chi connectivity index (χ4n) is 2.89. The van der Waals surface area contributed by atoms with Crippen LogP contribution in [0.25, 0.3) is 0 Å². The van der Waals surface area contributed by atoms with Gasteiger partial charge in [-0.1, -0.05) is 6.92 Å². The number of carbonyl (C=O) groups is 3. The molecule has 4 atom stereocenters. The first-order valence-electron chi connectivity index (χ1n) is 6.48. The summed E-state index contributed by atoms with van der Waals surface area (Å²) in [6, 6.07) is 0. The van der Waals surface area contributed by atoms with Crippen molar-refractivity contribution >= 4 is 17.9 Å². The smallest absolute Gasteiger partial charge is 0.306 e. The van der Waals surface area contributed by atoms with Crippen molar-refractivity contribution < 1.29 is 29.7 Å². The standard InChI is InChI=1S/C13H20O6/c1-7(12(16)17)4-10(6-11(14)15)8-2-3-9(5-8)13(18)19/h7-10H,2-6H2,1H3,(H,14,15)(H,16,17)(H,18,19). The lowest BCUT2D eigenvalue weighted by atomic mass is 9.81. The van der Waals surface area contributed by atoms with Gasteiger partial charge < -0.3 is 15.3 Å². The topological polar surface area (TPSA) is 112 Å². The molecule has 0 spiro atoms. The molecular weight excluding hydrogens is 252 g/mol. The van der Waals surface area contributed by atoms with E-state index in [0.29, 0.717) is 25.7 Å². The molecule has 19 heavy (non-hydrogen) atoms. The molecule has 0 aromatic carbocycles. The SMILES string of the molecule is CC(CC(CC(=O)O)C1CCC(C(=O)O)C1)C(=O)O. The van der Waals surface area contributed by atoms with Crippen LogP contribution in [0.1, 0.15) is 39.0 Å². The van der Waals surface area contributed by atoms with Crippen LogP contribution < -0.4 is 0 Å². The first kappa shape index (κ1) is 15.5. The molecule has 108 valence electrons. The molecule has 0 saturated heterocycles. The van der Waals surface area contributed by atoms with Gasteiger partial charge in [-0.05, 0) is 37.5 Å². The Balaban J connectivity index is 2.66. The summed E-state index contributed by atoms with van der Waals surface area (Å²) in [7, 11) is 0. The summed E-state index contributed by atoms with van der Waals surface area (Å²) < 4.78 is 0. The molecule has 0 aromatic rings. The zero-order valence-corrected chi connectivity index (χ0v) is 10.9. The molecule has 0 amide bonds. The minimum atomic E-state index is -0.957. The van der Waals surface area contributed by atoms with Gasteiger partial charge in [0.05, 0.1) is 11.8 Å². The highest BCUT2D eigenvalue weighted by atomic mass is 16.4. The van der Waals surface area contributed by atoms with E-state index in [0.717, 1.165) is 0 Å². The zero-order chi connectivity index (χ0) is 14.6. The fraction of sp³-hybridized carbons (Fsp3) is 0.769. The molecular formula is C13H20O6. The number of rotatable bonds is 7. The first-order valence-corrected chi connectivity index (χ1v) is 6.48. The van der Waals surface area contributed by atoms with Gasteiger partial charge in [0, 0.05) is 6.42 Å². The molecule has 0 aromatic heterocycles. The van der Waals surface area contributed by atoms with Gasteiger partial charge in [0.2, 0.25) is 0 Å². The highest BCUT2D eigenvalue weighted by Crippen LogP contribution is 2.39. The molecule has 4 unspecified atom stereocenters. The zero-order valence-electron chi connectivity index (χ0n) is 10.9. The van der Waals surface area contributed by atoms with Gasteiger partial charge in [-0.25, -0.2) is 0 Å². The van der Waals surface area contributed by atoms with Crippen LogP contribution in [-0.2, 0) is 14.4 Å². The van der Waals surface area contributed by atoms with Gasteiger partial charge in [0.25, 0.3) is 0 Å². The lowest BCUT2D eigenvalue weighted by Gasteiger charge is -2.23. The maximum absolute atomic E-state index is 10.9. The van der Waals surface area contributed by atoms with Crippen LogP contribution in [0, 0.1) is 23.7 Å². The molecule has 6 nitrogen and oxygen atoms in total. The Bertz CT molecular complexity index is 364. The van der Waals surface area contributed by atoms with Crippen LogP contribution in [0.5, 0.6) is 0 Å². The third kappa shape index (κ3) is 4.54. The molecule has 0 bridgehead atoms. The summed E-state index contributed by atoms with van der Waals surface area (Å²) in [6.45, 7) is 1.56. The van der Waals surface area contributed by atoms with Crippen molar-refractivity contribution in [3.05, 3.63) is 0 Å². The Kier molecular flexibility index (Phi) is 5.32. The van der Waals surface area contributed by atoms with Crippen LogP contribution in [0.2, 0.25) is 0 Å². The lowest BCUT2D eigenvalue weighted by Crippen LogP contribution is -2.23. The van der Waals surface area contributed by atoms with E-state index in [1.165, 1.54) is 0 Å². The highest BCUT2D eigenvalue weighted by Gasteiger charge is 2.36. The number of aliphatic carboxylic acids is 3. The number of hydrogen-bond acceptors (Lipinski definition) is 3. The van der Waals surface area contributed by atoms with Gasteiger partial charge in [-0.15, -0.1) is 0 Å². The second kappa shape index (κ2) is 6.54. The van der Waals surface area contributed by atoms with E-state index < -0.39 is 29.7 Å². The van der Waals surface area contributed by atoms with Gasteiger partial charge in [-0.2, -0.15) is 0 Å². The van der Waals surface area contributed by atoms with E-state index in [9.17, 15) is 14.4 Å². The molecule has 0 aliphatic heterocycles. The van der Waals surface area contributed by atoms with Crippen molar-refractivity contribution in [2.45, 2.75) is 39.0 Å². The highest BCUT2D eigenvalue weighted by molar-refractivity contribution is 5.71. The Morgan fingerprint density at radius 3 is 2.21 bits per heavy atom. The molecule has 1 aliphatic rings. The molecule has 0 radical (unpaired) electrons. The van der Waals surface area contributed by atoms with Crippen LogP contribution in [0.15, 0.2) is 0 Å². The van der Waals surface area contributed by atoms with Crippen molar-refractivity contribution in [2.75, 3.05) is 0 Å². The third-order valence-corrected chi connectivity index (χ3v) is 4.00. The summed E-state index contributed by atoms with van der Waals surface area (Å²) in [4.78, 5) is 32.6. The molecule has 1 fully saturated rings. The van der Waals surface area contributed by atoms with Crippen LogP contribution in [0.4, 0.5) is 0 Å².